The quantitative estimate of drug-likeness (QED) is 0.878. The smallest absolute Gasteiger partial charge is 0.320 e. The molecule has 2 rings (SSSR count). The largest absolute Gasteiger partial charge is 0.480 e. The van der Waals surface area contributed by atoms with Crippen LogP contribution in [0, 0.1) is 6.92 Å². The lowest BCUT2D eigenvalue weighted by Gasteiger charge is -2.24. The van der Waals surface area contributed by atoms with Crippen molar-refractivity contribution in [1.29, 1.82) is 0 Å². The maximum Gasteiger partial charge on any atom is 0.320 e. The van der Waals surface area contributed by atoms with E-state index in [2.05, 4.69) is 10.4 Å². The molecule has 1 aromatic rings. The molecule has 1 saturated heterocycles. The van der Waals surface area contributed by atoms with Gasteiger partial charge in [-0.3, -0.25) is 14.5 Å². The molecule has 1 amide bonds. The van der Waals surface area contributed by atoms with E-state index in [0.717, 1.165) is 12.1 Å². The van der Waals surface area contributed by atoms with Gasteiger partial charge in [0.25, 0.3) is 0 Å². The van der Waals surface area contributed by atoms with E-state index in [1.807, 2.05) is 33.8 Å². The van der Waals surface area contributed by atoms with Gasteiger partial charge in [0, 0.05) is 6.07 Å². The van der Waals surface area contributed by atoms with Gasteiger partial charge < -0.3 is 10.4 Å². The number of nitrogens with zero attached hydrogens (tertiary/aromatic N) is 3. The zero-order valence-electron chi connectivity index (χ0n) is 13.6. The van der Waals surface area contributed by atoms with Crippen molar-refractivity contribution in [2.45, 2.75) is 52.1 Å². The second-order valence-electron chi connectivity index (χ2n) is 6.77. The predicted molar refractivity (Wildman–Crippen MR) is 82.8 cm³/mol. The second kappa shape index (κ2) is 6.08. The SMILES string of the molecule is Cc1cc(NC(=O)CN2CCC[C@@H]2C(=O)O)n(C(C)(C)C)n1. The highest BCUT2D eigenvalue weighted by molar-refractivity contribution is 5.92. The molecule has 7 heteroatoms. The van der Waals surface area contributed by atoms with Gasteiger partial charge in [-0.05, 0) is 47.1 Å². The number of carbonyl (C=O) groups is 2. The topological polar surface area (TPSA) is 87.5 Å². The van der Waals surface area contributed by atoms with Crippen molar-refractivity contribution in [2.75, 3.05) is 18.4 Å². The number of hydrogen-bond donors (Lipinski definition) is 2. The molecule has 0 aliphatic carbocycles. The van der Waals surface area contributed by atoms with Crippen LogP contribution in [0.15, 0.2) is 6.07 Å². The average Bonchev–Trinajstić information content (AvgIpc) is 2.95. The van der Waals surface area contributed by atoms with Crippen molar-refractivity contribution < 1.29 is 14.7 Å². The molecular weight excluding hydrogens is 284 g/mol. The van der Waals surface area contributed by atoms with Gasteiger partial charge in [0.05, 0.1) is 17.8 Å². The Balaban J connectivity index is 2.05. The maximum absolute atomic E-state index is 12.2. The van der Waals surface area contributed by atoms with Crippen LogP contribution >= 0.6 is 0 Å². The minimum atomic E-state index is -0.860. The number of aryl methyl sites for hydroxylation is 1. The number of nitrogens with one attached hydrogen (secondary N) is 1. The Morgan fingerprint density at radius 3 is 2.73 bits per heavy atom. The van der Waals surface area contributed by atoms with Crippen LogP contribution in [0.25, 0.3) is 0 Å². The Bertz CT molecular complexity index is 574. The van der Waals surface area contributed by atoms with Crippen molar-refractivity contribution in [3.05, 3.63) is 11.8 Å². The minimum absolute atomic E-state index is 0.0886. The number of carbonyl (C=O) groups excluding carboxylic acids is 1. The number of rotatable bonds is 4. The van der Waals surface area contributed by atoms with E-state index >= 15 is 0 Å². The molecule has 22 heavy (non-hydrogen) atoms. The Morgan fingerprint density at radius 1 is 1.45 bits per heavy atom. The maximum atomic E-state index is 12.2. The van der Waals surface area contributed by atoms with E-state index in [1.54, 1.807) is 9.58 Å². The van der Waals surface area contributed by atoms with E-state index in [4.69, 9.17) is 5.11 Å². The molecule has 2 heterocycles. The van der Waals surface area contributed by atoms with Crippen molar-refractivity contribution in [1.82, 2.24) is 14.7 Å². The molecule has 1 fully saturated rings. The second-order valence-corrected chi connectivity index (χ2v) is 6.77. The van der Waals surface area contributed by atoms with Crippen molar-refractivity contribution in [3.8, 4) is 0 Å². The normalized spacial score (nSPS) is 19.4. The third-order valence-electron chi connectivity index (χ3n) is 3.73. The molecule has 122 valence electrons. The highest BCUT2D eigenvalue weighted by Gasteiger charge is 2.32. The number of carboxylic acid groups (broad SMARTS) is 1. The lowest BCUT2D eigenvalue weighted by Crippen LogP contribution is -2.41. The summed E-state index contributed by atoms with van der Waals surface area (Å²) in [4.78, 5) is 25.1. The first-order valence-corrected chi connectivity index (χ1v) is 7.52. The highest BCUT2D eigenvalue weighted by Crippen LogP contribution is 2.22. The van der Waals surface area contributed by atoms with Crippen molar-refractivity contribution >= 4 is 17.7 Å². The lowest BCUT2D eigenvalue weighted by molar-refractivity contribution is -0.142. The molecule has 2 N–H and O–H groups in total. The molecule has 7 nitrogen and oxygen atoms in total. The molecule has 0 saturated carbocycles. The minimum Gasteiger partial charge on any atom is -0.480 e. The van der Waals surface area contributed by atoms with E-state index in [9.17, 15) is 9.59 Å². The van der Waals surface area contributed by atoms with Crippen LogP contribution in [0.1, 0.15) is 39.3 Å². The molecule has 0 bridgehead atoms. The number of hydrogen-bond acceptors (Lipinski definition) is 4. The zero-order chi connectivity index (χ0) is 16.5. The third kappa shape index (κ3) is 3.65. The molecule has 0 spiro atoms. The highest BCUT2D eigenvalue weighted by atomic mass is 16.4. The number of likely N-dealkylation sites (tertiary alicyclic amines) is 1. The summed E-state index contributed by atoms with van der Waals surface area (Å²) in [6, 6.07) is 1.27. The molecule has 1 atom stereocenters. The number of aliphatic carboxylic acids is 1. The summed E-state index contributed by atoms with van der Waals surface area (Å²) in [5.74, 6) is -0.430. The number of amides is 1. The van der Waals surface area contributed by atoms with E-state index in [0.29, 0.717) is 18.8 Å². The van der Waals surface area contributed by atoms with Gasteiger partial charge in [0.1, 0.15) is 11.9 Å². The van der Waals surface area contributed by atoms with Crippen molar-refractivity contribution in [3.63, 3.8) is 0 Å². The number of aromatic nitrogens is 2. The monoisotopic (exact) mass is 308 g/mol. The van der Waals surface area contributed by atoms with Crippen LogP contribution in [-0.4, -0.2) is 50.8 Å². The summed E-state index contributed by atoms with van der Waals surface area (Å²) >= 11 is 0. The fourth-order valence-corrected chi connectivity index (χ4v) is 2.76. The Hall–Kier alpha value is -1.89. The Labute approximate surface area is 130 Å². The van der Waals surface area contributed by atoms with Crippen LogP contribution < -0.4 is 5.32 Å². The molecule has 1 aliphatic heterocycles. The zero-order valence-corrected chi connectivity index (χ0v) is 13.6. The van der Waals surface area contributed by atoms with Gasteiger partial charge in [0.2, 0.25) is 5.91 Å². The summed E-state index contributed by atoms with van der Waals surface area (Å²) in [6.07, 6.45) is 1.41. The summed E-state index contributed by atoms with van der Waals surface area (Å²) in [5.41, 5.74) is 0.587. The summed E-state index contributed by atoms with van der Waals surface area (Å²) < 4.78 is 1.78. The van der Waals surface area contributed by atoms with E-state index in [1.165, 1.54) is 0 Å². The molecule has 0 radical (unpaired) electrons. The first kappa shape index (κ1) is 16.5. The van der Waals surface area contributed by atoms with Gasteiger partial charge in [-0.2, -0.15) is 5.10 Å². The molecular formula is C15H24N4O3. The molecule has 1 aromatic heterocycles. The third-order valence-corrected chi connectivity index (χ3v) is 3.73. The van der Waals surface area contributed by atoms with E-state index < -0.39 is 12.0 Å². The lowest BCUT2D eigenvalue weighted by atomic mass is 10.1. The predicted octanol–water partition coefficient (Wildman–Crippen LogP) is 1.43. The number of carboxylic acids is 1. The summed E-state index contributed by atoms with van der Waals surface area (Å²) in [6.45, 7) is 8.63. The van der Waals surface area contributed by atoms with Gasteiger partial charge in [-0.25, -0.2) is 4.68 Å². The molecule has 0 unspecified atom stereocenters. The van der Waals surface area contributed by atoms with Gasteiger partial charge in [-0.1, -0.05) is 0 Å². The Kier molecular flexibility index (Phi) is 4.55. The summed E-state index contributed by atoms with van der Waals surface area (Å²) in [5, 5.41) is 16.4. The van der Waals surface area contributed by atoms with Crippen LogP contribution in [0.5, 0.6) is 0 Å². The van der Waals surface area contributed by atoms with Crippen LogP contribution in [-0.2, 0) is 15.1 Å². The van der Waals surface area contributed by atoms with E-state index in [-0.39, 0.29) is 18.0 Å². The number of anilines is 1. The Morgan fingerprint density at radius 2 is 2.14 bits per heavy atom. The molecule has 1 aliphatic rings. The van der Waals surface area contributed by atoms with Crippen LogP contribution in [0.4, 0.5) is 5.82 Å². The van der Waals surface area contributed by atoms with Gasteiger partial charge in [-0.15, -0.1) is 0 Å². The fourth-order valence-electron chi connectivity index (χ4n) is 2.76. The van der Waals surface area contributed by atoms with Crippen LogP contribution in [0.2, 0.25) is 0 Å². The standard InChI is InChI=1S/C15H24N4O3/c1-10-8-12(19(17-10)15(2,3)4)16-13(20)9-18-7-5-6-11(18)14(21)22/h8,11H,5-7,9H2,1-4H3,(H,16,20)(H,21,22)/t11-/m1/s1. The summed E-state index contributed by atoms with van der Waals surface area (Å²) in [7, 11) is 0. The molecule has 0 aromatic carbocycles. The first-order valence-electron chi connectivity index (χ1n) is 7.52. The first-order chi connectivity index (χ1) is 10.2. The van der Waals surface area contributed by atoms with Gasteiger partial charge in [0.15, 0.2) is 0 Å². The van der Waals surface area contributed by atoms with Gasteiger partial charge >= 0.3 is 5.97 Å². The van der Waals surface area contributed by atoms with Crippen molar-refractivity contribution in [2.24, 2.45) is 0 Å². The fraction of sp³-hybridized carbons (Fsp3) is 0.667. The van der Waals surface area contributed by atoms with Crippen LogP contribution in [0.3, 0.4) is 0 Å². The average molecular weight is 308 g/mol.